The van der Waals surface area contributed by atoms with Gasteiger partial charge in [-0.25, -0.2) is 4.98 Å². The van der Waals surface area contributed by atoms with Crippen molar-refractivity contribution in [1.29, 1.82) is 0 Å². The number of terminal acetylenes is 1. The molecule has 0 saturated heterocycles. The van der Waals surface area contributed by atoms with Crippen LogP contribution < -0.4 is 0 Å². The number of hydrogen-bond donors (Lipinski definition) is 0. The van der Waals surface area contributed by atoms with Gasteiger partial charge >= 0.3 is 0 Å². The lowest BCUT2D eigenvalue weighted by atomic mass is 10.3. The standard InChI is InChI=1S/C8H8N2O/c1-3-4-7(11)8-9-5-6-10(8)2/h1,5-6H,4H2,2H3. The summed E-state index contributed by atoms with van der Waals surface area (Å²) in [6, 6.07) is 0. The first-order valence-corrected chi connectivity index (χ1v) is 3.19. The molecule has 0 atom stereocenters. The van der Waals surface area contributed by atoms with Crippen molar-refractivity contribution in [3.05, 3.63) is 18.2 Å². The molecule has 0 spiro atoms. The summed E-state index contributed by atoms with van der Waals surface area (Å²) in [4.78, 5) is 15.0. The van der Waals surface area contributed by atoms with Crippen LogP contribution >= 0.6 is 0 Å². The Morgan fingerprint density at radius 1 is 1.91 bits per heavy atom. The van der Waals surface area contributed by atoms with Gasteiger partial charge in [0, 0.05) is 19.4 Å². The highest BCUT2D eigenvalue weighted by Crippen LogP contribution is 1.97. The Labute approximate surface area is 65.1 Å². The minimum atomic E-state index is -0.111. The lowest BCUT2D eigenvalue weighted by molar-refractivity contribution is 0.0985. The molecule has 1 aromatic rings. The van der Waals surface area contributed by atoms with Gasteiger partial charge in [-0.15, -0.1) is 6.42 Å². The Morgan fingerprint density at radius 3 is 3.09 bits per heavy atom. The molecule has 0 aliphatic rings. The van der Waals surface area contributed by atoms with Crippen LogP contribution in [0.4, 0.5) is 0 Å². The summed E-state index contributed by atoms with van der Waals surface area (Å²) in [5.41, 5.74) is 0. The van der Waals surface area contributed by atoms with Crippen LogP contribution in [0, 0.1) is 12.3 Å². The number of carbonyl (C=O) groups excluding carboxylic acids is 1. The molecule has 11 heavy (non-hydrogen) atoms. The van der Waals surface area contributed by atoms with Crippen LogP contribution in [0.25, 0.3) is 0 Å². The van der Waals surface area contributed by atoms with Crippen molar-refractivity contribution in [2.24, 2.45) is 7.05 Å². The van der Waals surface area contributed by atoms with Crippen molar-refractivity contribution in [1.82, 2.24) is 9.55 Å². The molecule has 0 saturated carbocycles. The quantitative estimate of drug-likeness (QED) is 0.455. The van der Waals surface area contributed by atoms with E-state index in [-0.39, 0.29) is 12.2 Å². The van der Waals surface area contributed by atoms with Gasteiger partial charge in [-0.1, -0.05) is 5.92 Å². The van der Waals surface area contributed by atoms with E-state index in [9.17, 15) is 4.79 Å². The largest absolute Gasteiger partial charge is 0.332 e. The molecule has 56 valence electrons. The molecule has 0 N–H and O–H groups in total. The zero-order valence-electron chi connectivity index (χ0n) is 6.24. The Balaban J connectivity index is 2.86. The summed E-state index contributed by atoms with van der Waals surface area (Å²) < 4.78 is 1.65. The predicted molar refractivity (Wildman–Crippen MR) is 41.0 cm³/mol. The number of carbonyl (C=O) groups is 1. The van der Waals surface area contributed by atoms with Crippen molar-refractivity contribution < 1.29 is 4.79 Å². The molecule has 1 rings (SSSR count). The maximum atomic E-state index is 11.1. The summed E-state index contributed by atoms with van der Waals surface area (Å²) >= 11 is 0. The van der Waals surface area contributed by atoms with Crippen LogP contribution in [-0.2, 0) is 7.05 Å². The van der Waals surface area contributed by atoms with Gasteiger partial charge in [-0.05, 0) is 0 Å². The van der Waals surface area contributed by atoms with Crippen molar-refractivity contribution in [2.75, 3.05) is 0 Å². The van der Waals surface area contributed by atoms with E-state index in [4.69, 9.17) is 6.42 Å². The summed E-state index contributed by atoms with van der Waals surface area (Å²) in [5.74, 6) is 2.59. The fourth-order valence-electron chi connectivity index (χ4n) is 0.806. The highest BCUT2D eigenvalue weighted by molar-refractivity contribution is 5.94. The van der Waals surface area contributed by atoms with Crippen molar-refractivity contribution >= 4 is 5.78 Å². The van der Waals surface area contributed by atoms with Crippen LogP contribution in [0.15, 0.2) is 12.4 Å². The van der Waals surface area contributed by atoms with Gasteiger partial charge in [0.05, 0.1) is 6.42 Å². The van der Waals surface area contributed by atoms with Gasteiger partial charge in [0.2, 0.25) is 5.78 Å². The third-order valence-electron chi connectivity index (χ3n) is 1.33. The predicted octanol–water partition coefficient (Wildman–Crippen LogP) is 0.626. The Morgan fingerprint density at radius 2 is 2.64 bits per heavy atom. The summed E-state index contributed by atoms with van der Waals surface area (Å²) in [5, 5.41) is 0. The molecule has 0 bridgehead atoms. The average molecular weight is 148 g/mol. The van der Waals surface area contributed by atoms with E-state index in [1.54, 1.807) is 24.0 Å². The highest BCUT2D eigenvalue weighted by atomic mass is 16.1. The second kappa shape index (κ2) is 3.02. The summed E-state index contributed by atoms with van der Waals surface area (Å²) in [7, 11) is 1.76. The molecule has 1 aromatic heterocycles. The molecule has 0 radical (unpaired) electrons. The number of Topliss-reactive ketones (excluding diaryl/α,β-unsaturated/α-hetero) is 1. The normalized spacial score (nSPS) is 9.09. The lowest BCUT2D eigenvalue weighted by Gasteiger charge is -1.95. The topological polar surface area (TPSA) is 34.9 Å². The fourth-order valence-corrected chi connectivity index (χ4v) is 0.806. The zero-order valence-corrected chi connectivity index (χ0v) is 6.24. The summed E-state index contributed by atoms with van der Waals surface area (Å²) in [6.45, 7) is 0. The lowest BCUT2D eigenvalue weighted by Crippen LogP contribution is -2.05. The summed E-state index contributed by atoms with van der Waals surface area (Å²) in [6.07, 6.45) is 8.38. The van der Waals surface area contributed by atoms with Crippen LogP contribution in [0.3, 0.4) is 0 Å². The molecule has 3 heteroatoms. The molecule has 0 amide bonds. The number of nitrogens with zero attached hydrogens (tertiary/aromatic N) is 2. The number of aromatic nitrogens is 2. The molecule has 0 aliphatic carbocycles. The van der Waals surface area contributed by atoms with Gasteiger partial charge in [0.15, 0.2) is 5.82 Å². The van der Waals surface area contributed by atoms with Gasteiger partial charge in [-0.2, -0.15) is 0 Å². The van der Waals surface area contributed by atoms with Gasteiger partial charge in [-0.3, -0.25) is 4.79 Å². The first kappa shape index (κ1) is 7.55. The van der Waals surface area contributed by atoms with Gasteiger partial charge in [0.1, 0.15) is 0 Å². The van der Waals surface area contributed by atoms with E-state index in [0.29, 0.717) is 5.82 Å². The van der Waals surface area contributed by atoms with E-state index in [1.807, 2.05) is 0 Å². The van der Waals surface area contributed by atoms with Crippen LogP contribution in [0.1, 0.15) is 17.0 Å². The molecule has 3 nitrogen and oxygen atoms in total. The fraction of sp³-hybridized carbons (Fsp3) is 0.250. The number of hydrogen-bond acceptors (Lipinski definition) is 2. The van der Waals surface area contributed by atoms with E-state index < -0.39 is 0 Å². The van der Waals surface area contributed by atoms with E-state index >= 15 is 0 Å². The smallest absolute Gasteiger partial charge is 0.210 e. The second-order valence-corrected chi connectivity index (χ2v) is 2.17. The van der Waals surface area contributed by atoms with Gasteiger partial charge < -0.3 is 4.57 Å². The molecular weight excluding hydrogens is 140 g/mol. The van der Waals surface area contributed by atoms with Crippen LogP contribution in [0.2, 0.25) is 0 Å². The Hall–Kier alpha value is -1.56. The van der Waals surface area contributed by atoms with Crippen molar-refractivity contribution in [2.45, 2.75) is 6.42 Å². The number of rotatable bonds is 2. The van der Waals surface area contributed by atoms with Crippen LogP contribution in [-0.4, -0.2) is 15.3 Å². The highest BCUT2D eigenvalue weighted by Gasteiger charge is 2.07. The van der Waals surface area contributed by atoms with E-state index in [0.717, 1.165) is 0 Å². The van der Waals surface area contributed by atoms with E-state index in [2.05, 4.69) is 10.9 Å². The van der Waals surface area contributed by atoms with Crippen molar-refractivity contribution in [3.63, 3.8) is 0 Å². The Bertz CT molecular complexity index is 306. The number of imidazole rings is 1. The minimum Gasteiger partial charge on any atom is -0.332 e. The molecule has 0 fully saturated rings. The Kier molecular flexibility index (Phi) is 2.07. The molecular formula is C8H8N2O. The first-order chi connectivity index (χ1) is 5.25. The maximum Gasteiger partial charge on any atom is 0.210 e. The molecule has 0 aromatic carbocycles. The van der Waals surface area contributed by atoms with Crippen LogP contribution in [0.5, 0.6) is 0 Å². The minimum absolute atomic E-state index is 0.111. The zero-order chi connectivity index (χ0) is 8.27. The first-order valence-electron chi connectivity index (χ1n) is 3.19. The molecule has 0 aliphatic heterocycles. The third-order valence-corrected chi connectivity index (χ3v) is 1.33. The monoisotopic (exact) mass is 148 g/mol. The van der Waals surface area contributed by atoms with E-state index in [1.165, 1.54) is 0 Å². The number of ketones is 1. The second-order valence-electron chi connectivity index (χ2n) is 2.17. The number of aryl methyl sites for hydroxylation is 1. The van der Waals surface area contributed by atoms with Gasteiger partial charge in [0.25, 0.3) is 0 Å². The SMILES string of the molecule is C#CCC(=O)c1nccn1C. The molecule has 0 unspecified atom stereocenters. The van der Waals surface area contributed by atoms with Crippen molar-refractivity contribution in [3.8, 4) is 12.3 Å². The molecule has 1 heterocycles. The third kappa shape index (κ3) is 1.47. The maximum absolute atomic E-state index is 11.1. The average Bonchev–Trinajstić information content (AvgIpc) is 2.36.